The van der Waals surface area contributed by atoms with Gasteiger partial charge in [0.15, 0.2) is 0 Å². The fourth-order valence-corrected chi connectivity index (χ4v) is 3.99. The lowest BCUT2D eigenvalue weighted by Crippen LogP contribution is -2.33. The van der Waals surface area contributed by atoms with Gasteiger partial charge >= 0.3 is 0 Å². The second-order valence-corrected chi connectivity index (χ2v) is 7.47. The lowest BCUT2D eigenvalue weighted by Gasteiger charge is -2.39. The van der Waals surface area contributed by atoms with Crippen molar-refractivity contribution in [3.63, 3.8) is 0 Å². The molecule has 0 aliphatic heterocycles. The van der Waals surface area contributed by atoms with Crippen molar-refractivity contribution >= 4 is 15.9 Å². The Kier molecular flexibility index (Phi) is 6.10. The van der Waals surface area contributed by atoms with E-state index in [0.29, 0.717) is 6.61 Å². The first-order chi connectivity index (χ1) is 9.67. The van der Waals surface area contributed by atoms with Gasteiger partial charge in [0.1, 0.15) is 0 Å². The molecule has 1 nitrogen and oxygen atoms in total. The van der Waals surface area contributed by atoms with Crippen LogP contribution in [0.2, 0.25) is 0 Å². The highest BCUT2D eigenvalue weighted by molar-refractivity contribution is 9.10. The van der Waals surface area contributed by atoms with Gasteiger partial charge in [0.2, 0.25) is 0 Å². The van der Waals surface area contributed by atoms with Crippen LogP contribution in [0.5, 0.6) is 0 Å². The van der Waals surface area contributed by atoms with Gasteiger partial charge in [-0.1, -0.05) is 54.2 Å². The van der Waals surface area contributed by atoms with E-state index in [9.17, 15) is 5.11 Å². The lowest BCUT2D eigenvalue weighted by atomic mass is 9.67. The molecule has 1 aromatic carbocycles. The average Bonchev–Trinajstić information content (AvgIpc) is 2.47. The standard InChI is InChI=1S/C18H27BrO/c1-2-3-5-15-8-10-18(14-20,11-9-15)13-16-6-4-7-17(19)12-16/h4,6-7,12,15,20H,2-3,5,8-11,13-14H2,1H3. The summed E-state index contributed by atoms with van der Waals surface area (Å²) in [5.74, 6) is 0.900. The van der Waals surface area contributed by atoms with E-state index in [0.717, 1.165) is 16.8 Å². The highest BCUT2D eigenvalue weighted by Gasteiger charge is 2.34. The quantitative estimate of drug-likeness (QED) is 0.741. The molecule has 2 heteroatoms. The molecule has 1 aromatic rings. The van der Waals surface area contributed by atoms with Crippen molar-refractivity contribution in [1.82, 2.24) is 0 Å². The molecule has 1 aliphatic carbocycles. The molecule has 0 bridgehead atoms. The van der Waals surface area contributed by atoms with Gasteiger partial charge in [-0.3, -0.25) is 0 Å². The van der Waals surface area contributed by atoms with Crippen LogP contribution in [-0.2, 0) is 6.42 Å². The van der Waals surface area contributed by atoms with Crippen molar-refractivity contribution in [2.75, 3.05) is 6.61 Å². The molecule has 0 aromatic heterocycles. The van der Waals surface area contributed by atoms with Crippen LogP contribution in [0.4, 0.5) is 0 Å². The normalized spacial score (nSPS) is 26.6. The molecule has 1 aliphatic rings. The maximum atomic E-state index is 9.92. The van der Waals surface area contributed by atoms with Crippen LogP contribution in [0.3, 0.4) is 0 Å². The average molecular weight is 339 g/mol. The van der Waals surface area contributed by atoms with E-state index in [1.807, 2.05) is 0 Å². The lowest BCUT2D eigenvalue weighted by molar-refractivity contribution is 0.0620. The van der Waals surface area contributed by atoms with Crippen molar-refractivity contribution in [3.05, 3.63) is 34.3 Å². The van der Waals surface area contributed by atoms with Crippen molar-refractivity contribution in [2.24, 2.45) is 11.3 Å². The third kappa shape index (κ3) is 4.33. The smallest absolute Gasteiger partial charge is 0.0490 e. The van der Waals surface area contributed by atoms with Crippen LogP contribution >= 0.6 is 15.9 Å². The largest absolute Gasteiger partial charge is 0.396 e. The van der Waals surface area contributed by atoms with Crippen LogP contribution in [-0.4, -0.2) is 11.7 Å². The van der Waals surface area contributed by atoms with Crippen molar-refractivity contribution in [1.29, 1.82) is 0 Å². The number of benzene rings is 1. The maximum Gasteiger partial charge on any atom is 0.0490 e. The number of halogens is 1. The third-order valence-electron chi connectivity index (χ3n) is 4.94. The Morgan fingerprint density at radius 3 is 2.65 bits per heavy atom. The first-order valence-electron chi connectivity index (χ1n) is 8.03. The van der Waals surface area contributed by atoms with E-state index in [2.05, 4.69) is 47.1 Å². The molecular weight excluding hydrogens is 312 g/mol. The molecule has 20 heavy (non-hydrogen) atoms. The Balaban J connectivity index is 1.94. The minimum absolute atomic E-state index is 0.128. The molecule has 1 saturated carbocycles. The predicted octanol–water partition coefficient (Wildman–Crippen LogP) is 5.35. The van der Waals surface area contributed by atoms with Crippen LogP contribution in [0, 0.1) is 11.3 Å². The van der Waals surface area contributed by atoms with Gasteiger partial charge in [-0.05, 0) is 61.1 Å². The zero-order chi connectivity index (χ0) is 14.4. The summed E-state index contributed by atoms with van der Waals surface area (Å²) in [6, 6.07) is 8.54. The fourth-order valence-electron chi connectivity index (χ4n) is 3.54. The van der Waals surface area contributed by atoms with E-state index < -0.39 is 0 Å². The molecule has 112 valence electrons. The minimum Gasteiger partial charge on any atom is -0.396 e. The van der Waals surface area contributed by atoms with Crippen LogP contribution in [0.15, 0.2) is 28.7 Å². The van der Waals surface area contributed by atoms with E-state index in [1.165, 1.54) is 50.5 Å². The van der Waals surface area contributed by atoms with Crippen LogP contribution in [0.25, 0.3) is 0 Å². The first kappa shape index (κ1) is 16.0. The van der Waals surface area contributed by atoms with Gasteiger partial charge < -0.3 is 5.11 Å². The Morgan fingerprint density at radius 1 is 1.30 bits per heavy atom. The van der Waals surface area contributed by atoms with Gasteiger partial charge in [-0.25, -0.2) is 0 Å². The molecular formula is C18H27BrO. The second-order valence-electron chi connectivity index (χ2n) is 6.55. The summed E-state index contributed by atoms with van der Waals surface area (Å²) in [5.41, 5.74) is 1.48. The summed E-state index contributed by atoms with van der Waals surface area (Å²) in [6.07, 6.45) is 10.0. The second kappa shape index (κ2) is 7.61. The number of aliphatic hydroxyl groups excluding tert-OH is 1. The van der Waals surface area contributed by atoms with E-state index in [-0.39, 0.29) is 5.41 Å². The number of hydrogen-bond donors (Lipinski definition) is 1. The Bertz CT molecular complexity index is 408. The highest BCUT2D eigenvalue weighted by Crippen LogP contribution is 2.42. The van der Waals surface area contributed by atoms with E-state index >= 15 is 0 Å². The number of aliphatic hydroxyl groups is 1. The monoisotopic (exact) mass is 338 g/mol. The Morgan fingerprint density at radius 2 is 2.05 bits per heavy atom. The SMILES string of the molecule is CCCCC1CCC(CO)(Cc2cccc(Br)c2)CC1. The summed E-state index contributed by atoms with van der Waals surface area (Å²) in [6.45, 7) is 2.61. The minimum atomic E-state index is 0.128. The van der Waals surface area contributed by atoms with E-state index in [4.69, 9.17) is 0 Å². The van der Waals surface area contributed by atoms with Gasteiger partial charge in [0.25, 0.3) is 0 Å². The summed E-state index contributed by atoms with van der Waals surface area (Å²) >= 11 is 3.54. The zero-order valence-electron chi connectivity index (χ0n) is 12.6. The molecule has 0 spiro atoms. The molecule has 0 unspecified atom stereocenters. The predicted molar refractivity (Wildman–Crippen MR) is 88.8 cm³/mol. The van der Waals surface area contributed by atoms with Gasteiger partial charge in [0, 0.05) is 11.1 Å². The first-order valence-corrected chi connectivity index (χ1v) is 8.82. The van der Waals surface area contributed by atoms with Crippen LogP contribution < -0.4 is 0 Å². The Labute approximate surface area is 131 Å². The summed E-state index contributed by atoms with van der Waals surface area (Å²) in [5, 5.41) is 9.92. The summed E-state index contributed by atoms with van der Waals surface area (Å²) in [7, 11) is 0. The molecule has 2 rings (SSSR count). The van der Waals surface area contributed by atoms with Crippen LogP contribution in [0.1, 0.15) is 57.4 Å². The molecule has 1 fully saturated rings. The van der Waals surface area contributed by atoms with Crippen molar-refractivity contribution in [2.45, 2.75) is 58.3 Å². The molecule has 1 N–H and O–H groups in total. The molecule has 0 saturated heterocycles. The zero-order valence-corrected chi connectivity index (χ0v) is 14.2. The van der Waals surface area contributed by atoms with Crippen molar-refractivity contribution < 1.29 is 5.11 Å². The molecule has 0 amide bonds. The molecule has 0 heterocycles. The third-order valence-corrected chi connectivity index (χ3v) is 5.43. The topological polar surface area (TPSA) is 20.2 Å². The summed E-state index contributed by atoms with van der Waals surface area (Å²) in [4.78, 5) is 0. The Hall–Kier alpha value is -0.340. The van der Waals surface area contributed by atoms with Gasteiger partial charge in [-0.15, -0.1) is 0 Å². The number of unbranched alkanes of at least 4 members (excludes halogenated alkanes) is 1. The number of hydrogen-bond acceptors (Lipinski definition) is 1. The highest BCUT2D eigenvalue weighted by atomic mass is 79.9. The molecule has 0 radical (unpaired) electrons. The van der Waals surface area contributed by atoms with Gasteiger partial charge in [-0.2, -0.15) is 0 Å². The maximum absolute atomic E-state index is 9.92. The number of rotatable bonds is 6. The summed E-state index contributed by atoms with van der Waals surface area (Å²) < 4.78 is 1.14. The van der Waals surface area contributed by atoms with E-state index in [1.54, 1.807) is 0 Å². The van der Waals surface area contributed by atoms with Gasteiger partial charge in [0.05, 0.1) is 0 Å². The fraction of sp³-hybridized carbons (Fsp3) is 0.667. The molecule has 0 atom stereocenters. The van der Waals surface area contributed by atoms with Crippen molar-refractivity contribution in [3.8, 4) is 0 Å².